The van der Waals surface area contributed by atoms with E-state index >= 15 is 0 Å². The molecule has 2 rings (SSSR count). The Labute approximate surface area is 161 Å². The van der Waals surface area contributed by atoms with Gasteiger partial charge in [0.25, 0.3) is 0 Å². The van der Waals surface area contributed by atoms with Gasteiger partial charge in [0.1, 0.15) is 5.78 Å². The molecule has 0 aromatic carbocycles. The number of aryl methyl sites for hydroxylation is 1. The number of hydrogen-bond donors (Lipinski definition) is 0. The van der Waals surface area contributed by atoms with Crippen molar-refractivity contribution < 1.29 is 23.5 Å². The van der Waals surface area contributed by atoms with E-state index in [1.165, 1.54) is 6.92 Å². The number of Topliss-reactive ketones (excluding diaryl/α,β-unsaturated/α-hetero) is 2. The first-order valence-electron chi connectivity index (χ1n) is 9.86. The Bertz CT molecular complexity index is 673. The molecule has 0 amide bonds. The molecule has 0 aliphatic heterocycles. The van der Waals surface area contributed by atoms with E-state index in [4.69, 9.17) is 9.15 Å². The van der Waals surface area contributed by atoms with E-state index in [-0.39, 0.29) is 29.3 Å². The highest BCUT2D eigenvalue weighted by Gasteiger charge is 2.55. The Morgan fingerprint density at radius 1 is 1.26 bits per heavy atom. The summed E-state index contributed by atoms with van der Waals surface area (Å²) in [5, 5.41) is 0. The number of ether oxygens (including phenoxy) is 1. The van der Waals surface area contributed by atoms with Crippen LogP contribution in [0.25, 0.3) is 0 Å². The van der Waals surface area contributed by atoms with E-state index in [9.17, 15) is 14.4 Å². The molecule has 1 aromatic rings. The van der Waals surface area contributed by atoms with Crippen molar-refractivity contribution in [2.45, 2.75) is 79.2 Å². The van der Waals surface area contributed by atoms with Crippen LogP contribution < -0.4 is 0 Å². The highest BCUT2D eigenvalue weighted by Crippen LogP contribution is 2.54. The van der Waals surface area contributed by atoms with E-state index in [2.05, 4.69) is 13.8 Å². The van der Waals surface area contributed by atoms with Crippen LogP contribution in [0.5, 0.6) is 0 Å². The Morgan fingerprint density at radius 3 is 2.52 bits per heavy atom. The topological polar surface area (TPSA) is 73.6 Å². The molecule has 5 heteroatoms. The van der Waals surface area contributed by atoms with Gasteiger partial charge >= 0.3 is 5.97 Å². The maximum absolute atomic E-state index is 13.3. The van der Waals surface area contributed by atoms with Gasteiger partial charge in [-0.3, -0.25) is 14.4 Å². The van der Waals surface area contributed by atoms with E-state index < -0.39 is 17.5 Å². The van der Waals surface area contributed by atoms with Crippen molar-refractivity contribution >= 4 is 17.5 Å². The van der Waals surface area contributed by atoms with Crippen LogP contribution in [-0.4, -0.2) is 23.6 Å². The number of furan rings is 1. The van der Waals surface area contributed by atoms with Gasteiger partial charge in [-0.2, -0.15) is 0 Å². The van der Waals surface area contributed by atoms with E-state index in [0.717, 1.165) is 18.4 Å². The van der Waals surface area contributed by atoms with Gasteiger partial charge in [-0.25, -0.2) is 0 Å². The lowest BCUT2D eigenvalue weighted by Gasteiger charge is -2.52. The molecule has 1 fully saturated rings. The molecule has 1 heterocycles. The zero-order chi connectivity index (χ0) is 20.2. The second kappa shape index (κ2) is 8.41. The average Bonchev–Trinajstić information content (AvgIpc) is 3.10. The predicted molar refractivity (Wildman–Crippen MR) is 102 cm³/mol. The molecule has 27 heavy (non-hydrogen) atoms. The standard InChI is InChI=1S/C22H32O5/c1-6-17(24)19(27-15(2)23)20-21(3,4)11-7-12-22(20,5)18(25)9-8-16-10-13-26-14-16/h10,13-14,19-20H,6-9,11-12H2,1-5H3. The van der Waals surface area contributed by atoms with Crippen LogP contribution >= 0.6 is 0 Å². The number of rotatable bonds is 8. The van der Waals surface area contributed by atoms with Crippen LogP contribution in [0.15, 0.2) is 23.0 Å². The molecule has 5 nitrogen and oxygen atoms in total. The SMILES string of the molecule is CCC(=O)C(OC(C)=O)C1C(C)(C)CCCC1(C)C(=O)CCc1ccoc1. The van der Waals surface area contributed by atoms with Gasteiger partial charge in [0.15, 0.2) is 11.9 Å². The van der Waals surface area contributed by atoms with Crippen molar-refractivity contribution in [1.29, 1.82) is 0 Å². The van der Waals surface area contributed by atoms with Gasteiger partial charge in [-0.05, 0) is 36.3 Å². The molecule has 3 unspecified atom stereocenters. The number of carbonyl (C=O) groups is 3. The highest BCUT2D eigenvalue weighted by molar-refractivity contribution is 5.89. The molecule has 1 aliphatic rings. The third kappa shape index (κ3) is 4.69. The fraction of sp³-hybridized carbons (Fsp3) is 0.682. The summed E-state index contributed by atoms with van der Waals surface area (Å²) in [4.78, 5) is 37.7. The molecular weight excluding hydrogens is 344 g/mol. The minimum absolute atomic E-state index is 0.112. The summed E-state index contributed by atoms with van der Waals surface area (Å²) in [6, 6.07) is 1.86. The third-order valence-corrected chi connectivity index (χ3v) is 6.16. The van der Waals surface area contributed by atoms with E-state index in [1.807, 2.05) is 13.0 Å². The molecule has 0 radical (unpaired) electrons. The minimum atomic E-state index is -0.870. The van der Waals surface area contributed by atoms with E-state index in [1.54, 1.807) is 19.5 Å². The molecule has 0 spiro atoms. The molecule has 0 N–H and O–H groups in total. The summed E-state index contributed by atoms with van der Waals surface area (Å²) in [7, 11) is 0. The fourth-order valence-corrected chi connectivity index (χ4v) is 4.82. The molecule has 1 aromatic heterocycles. The smallest absolute Gasteiger partial charge is 0.303 e. The Balaban J connectivity index is 2.35. The van der Waals surface area contributed by atoms with Gasteiger partial charge < -0.3 is 9.15 Å². The van der Waals surface area contributed by atoms with Crippen molar-refractivity contribution in [3.8, 4) is 0 Å². The first kappa shape index (κ1) is 21.4. The van der Waals surface area contributed by atoms with Crippen LogP contribution in [0.2, 0.25) is 0 Å². The molecule has 1 aliphatic carbocycles. The summed E-state index contributed by atoms with van der Waals surface area (Å²) in [5.74, 6) is -0.787. The van der Waals surface area contributed by atoms with Crippen molar-refractivity contribution in [1.82, 2.24) is 0 Å². The number of hydrogen-bond acceptors (Lipinski definition) is 5. The van der Waals surface area contributed by atoms with Crippen LogP contribution in [0.1, 0.15) is 72.3 Å². The lowest BCUT2D eigenvalue weighted by Crippen LogP contribution is -2.55. The van der Waals surface area contributed by atoms with Crippen molar-refractivity contribution in [2.24, 2.45) is 16.7 Å². The zero-order valence-corrected chi connectivity index (χ0v) is 17.2. The predicted octanol–water partition coefficient (Wildman–Crippen LogP) is 4.52. The summed E-state index contributed by atoms with van der Waals surface area (Å²) in [6.45, 7) is 9.21. The lowest BCUT2D eigenvalue weighted by molar-refractivity contribution is -0.172. The van der Waals surface area contributed by atoms with Crippen molar-refractivity contribution in [3.05, 3.63) is 24.2 Å². The minimum Gasteiger partial charge on any atom is -0.472 e. The number of ketones is 2. The van der Waals surface area contributed by atoms with Gasteiger partial charge in [-0.15, -0.1) is 0 Å². The normalized spacial score (nSPS) is 25.6. The average molecular weight is 376 g/mol. The Kier molecular flexibility index (Phi) is 6.66. The molecule has 3 atom stereocenters. The van der Waals surface area contributed by atoms with Gasteiger partial charge in [0, 0.05) is 31.1 Å². The largest absolute Gasteiger partial charge is 0.472 e. The van der Waals surface area contributed by atoms with E-state index in [0.29, 0.717) is 19.3 Å². The fourth-order valence-electron chi connectivity index (χ4n) is 4.82. The van der Waals surface area contributed by atoms with Crippen molar-refractivity contribution in [2.75, 3.05) is 0 Å². The second-order valence-electron chi connectivity index (χ2n) is 8.64. The van der Waals surface area contributed by atoms with Gasteiger partial charge in [0.05, 0.1) is 12.5 Å². The Morgan fingerprint density at radius 2 is 1.96 bits per heavy atom. The number of carbonyl (C=O) groups excluding carboxylic acids is 3. The number of esters is 1. The van der Waals surface area contributed by atoms with Crippen LogP contribution in [0, 0.1) is 16.7 Å². The van der Waals surface area contributed by atoms with Crippen LogP contribution in [-0.2, 0) is 25.5 Å². The quantitative estimate of drug-likeness (QED) is 0.624. The van der Waals surface area contributed by atoms with Gasteiger partial charge in [-0.1, -0.05) is 34.1 Å². The molecule has 0 saturated heterocycles. The summed E-state index contributed by atoms with van der Waals surface area (Å²) < 4.78 is 10.6. The lowest BCUT2D eigenvalue weighted by atomic mass is 9.52. The monoisotopic (exact) mass is 376 g/mol. The second-order valence-corrected chi connectivity index (χ2v) is 8.64. The first-order valence-corrected chi connectivity index (χ1v) is 9.86. The zero-order valence-electron chi connectivity index (χ0n) is 17.2. The summed E-state index contributed by atoms with van der Waals surface area (Å²) in [5.41, 5.74) is 0.0133. The van der Waals surface area contributed by atoms with Gasteiger partial charge in [0.2, 0.25) is 0 Å². The summed E-state index contributed by atoms with van der Waals surface area (Å²) >= 11 is 0. The Hall–Kier alpha value is -1.91. The molecular formula is C22H32O5. The van der Waals surface area contributed by atoms with Crippen molar-refractivity contribution in [3.63, 3.8) is 0 Å². The summed E-state index contributed by atoms with van der Waals surface area (Å²) in [6.07, 6.45) is 6.19. The molecule has 150 valence electrons. The van der Waals surface area contributed by atoms with Crippen LogP contribution in [0.3, 0.4) is 0 Å². The third-order valence-electron chi connectivity index (χ3n) is 6.16. The first-order chi connectivity index (χ1) is 12.6. The maximum Gasteiger partial charge on any atom is 0.303 e. The molecule has 0 bridgehead atoms. The van der Waals surface area contributed by atoms with Crippen LogP contribution in [0.4, 0.5) is 0 Å². The maximum atomic E-state index is 13.3. The highest BCUT2D eigenvalue weighted by atomic mass is 16.5. The molecule has 1 saturated carbocycles.